The van der Waals surface area contributed by atoms with Crippen LogP contribution < -0.4 is 10.2 Å². The summed E-state index contributed by atoms with van der Waals surface area (Å²) >= 11 is 1.40. The van der Waals surface area contributed by atoms with Crippen LogP contribution in [0, 0.1) is 24.0 Å². The van der Waals surface area contributed by atoms with Crippen molar-refractivity contribution in [3.8, 4) is 22.8 Å². The van der Waals surface area contributed by atoms with E-state index in [0.29, 0.717) is 10.7 Å². The van der Waals surface area contributed by atoms with Gasteiger partial charge in [-0.25, -0.2) is 4.98 Å². The molecule has 0 spiro atoms. The third-order valence-electron chi connectivity index (χ3n) is 4.25. The zero-order valence-corrected chi connectivity index (χ0v) is 17.0. The number of nitrogens with zero attached hydrogens (tertiary/aromatic N) is 3. The third-order valence-corrected chi connectivity index (χ3v) is 5.00. The highest BCUT2D eigenvalue weighted by Gasteiger charge is 2.19. The Bertz CT molecular complexity index is 1080. The predicted molar refractivity (Wildman–Crippen MR) is 114 cm³/mol. The smallest absolute Gasteiger partial charge is 0.315 e. The molecule has 0 atom stereocenters. The van der Waals surface area contributed by atoms with Gasteiger partial charge in [0.15, 0.2) is 5.75 Å². The Balaban J connectivity index is 1.77. The van der Waals surface area contributed by atoms with Gasteiger partial charge in [0.1, 0.15) is 0 Å². The van der Waals surface area contributed by atoms with Gasteiger partial charge in [-0.15, -0.1) is 11.3 Å². The molecule has 0 amide bonds. The summed E-state index contributed by atoms with van der Waals surface area (Å²) in [6.45, 7) is 6.11. The second-order valence-electron chi connectivity index (χ2n) is 6.28. The standard InChI is InChI=1S/C20H20N4O4S/c1-4-28-18-9-14(8-17(19(18)25)24(26)27)10-21-23-20-22-16(11-29-20)15-6-5-12(2)13(3)7-15/h5-11,25H,4H2,1-3H3,(H,22,23)/b21-10-. The summed E-state index contributed by atoms with van der Waals surface area (Å²) in [5.41, 5.74) is 7.09. The first-order valence-corrected chi connectivity index (χ1v) is 9.73. The number of anilines is 1. The van der Waals surface area contributed by atoms with Crippen LogP contribution in [0.2, 0.25) is 0 Å². The van der Waals surface area contributed by atoms with E-state index in [4.69, 9.17) is 4.74 Å². The van der Waals surface area contributed by atoms with E-state index in [-0.39, 0.29) is 12.4 Å². The van der Waals surface area contributed by atoms with E-state index in [0.717, 1.165) is 11.3 Å². The van der Waals surface area contributed by atoms with Gasteiger partial charge in [0.05, 0.1) is 23.4 Å². The minimum absolute atomic E-state index is 0.0365. The molecule has 1 aromatic heterocycles. The van der Waals surface area contributed by atoms with Crippen LogP contribution in [-0.2, 0) is 0 Å². The lowest BCUT2D eigenvalue weighted by Gasteiger charge is -2.07. The predicted octanol–water partition coefficient (Wildman–Crippen LogP) is 4.89. The number of aryl methyl sites for hydroxylation is 2. The number of nitro groups is 1. The fourth-order valence-corrected chi connectivity index (χ4v) is 3.28. The largest absolute Gasteiger partial charge is 0.500 e. The van der Waals surface area contributed by atoms with Crippen molar-refractivity contribution in [2.24, 2.45) is 5.10 Å². The van der Waals surface area contributed by atoms with Gasteiger partial charge in [-0.3, -0.25) is 15.5 Å². The Morgan fingerprint density at radius 3 is 2.79 bits per heavy atom. The van der Waals surface area contributed by atoms with E-state index in [1.165, 1.54) is 40.8 Å². The summed E-state index contributed by atoms with van der Waals surface area (Å²) in [4.78, 5) is 15.0. The van der Waals surface area contributed by atoms with Crippen LogP contribution in [0.15, 0.2) is 40.8 Å². The molecular weight excluding hydrogens is 392 g/mol. The molecule has 0 saturated carbocycles. The van der Waals surface area contributed by atoms with Gasteiger partial charge in [-0.1, -0.05) is 12.1 Å². The van der Waals surface area contributed by atoms with Crippen LogP contribution in [0.1, 0.15) is 23.6 Å². The van der Waals surface area contributed by atoms with Crippen LogP contribution in [-0.4, -0.2) is 27.8 Å². The molecule has 0 unspecified atom stereocenters. The summed E-state index contributed by atoms with van der Waals surface area (Å²) in [5.74, 6) is -0.464. The molecule has 29 heavy (non-hydrogen) atoms. The number of benzene rings is 2. The summed E-state index contributed by atoms with van der Waals surface area (Å²) in [5, 5.41) is 27.7. The lowest BCUT2D eigenvalue weighted by atomic mass is 10.1. The Morgan fingerprint density at radius 2 is 2.10 bits per heavy atom. The molecule has 2 N–H and O–H groups in total. The van der Waals surface area contributed by atoms with Crippen molar-refractivity contribution in [2.75, 3.05) is 12.0 Å². The highest BCUT2D eigenvalue weighted by atomic mass is 32.1. The fourth-order valence-electron chi connectivity index (χ4n) is 2.61. The van der Waals surface area contributed by atoms with Crippen LogP contribution in [0.5, 0.6) is 11.5 Å². The molecular formula is C20H20N4O4S. The number of nitro benzene ring substituents is 1. The number of ether oxygens (including phenoxy) is 1. The van der Waals surface area contributed by atoms with Crippen LogP contribution in [0.3, 0.4) is 0 Å². The summed E-state index contributed by atoms with van der Waals surface area (Å²) in [7, 11) is 0. The Labute approximate surface area is 171 Å². The maximum Gasteiger partial charge on any atom is 0.315 e. The Kier molecular flexibility index (Phi) is 6.08. The van der Waals surface area contributed by atoms with Crippen molar-refractivity contribution >= 4 is 28.4 Å². The normalized spacial score (nSPS) is 11.0. The van der Waals surface area contributed by atoms with Gasteiger partial charge in [-0.2, -0.15) is 5.10 Å². The number of hydrogen-bond donors (Lipinski definition) is 2. The molecule has 150 valence electrons. The molecule has 3 rings (SSSR count). The van der Waals surface area contributed by atoms with Crippen LogP contribution in [0.4, 0.5) is 10.8 Å². The van der Waals surface area contributed by atoms with Crippen molar-refractivity contribution in [1.29, 1.82) is 0 Å². The van der Waals surface area contributed by atoms with E-state index in [1.807, 2.05) is 11.4 Å². The zero-order chi connectivity index (χ0) is 21.0. The van der Waals surface area contributed by atoms with E-state index in [9.17, 15) is 15.2 Å². The summed E-state index contributed by atoms with van der Waals surface area (Å²) in [6, 6.07) is 8.88. The quantitative estimate of drug-likeness (QED) is 0.325. The molecule has 8 nitrogen and oxygen atoms in total. The monoisotopic (exact) mass is 412 g/mol. The number of phenolic OH excluding ortho intramolecular Hbond substituents is 1. The van der Waals surface area contributed by atoms with Gasteiger partial charge in [0, 0.05) is 22.6 Å². The molecule has 0 aliphatic carbocycles. The number of aromatic nitrogens is 1. The number of hydrogen-bond acceptors (Lipinski definition) is 8. The molecule has 0 radical (unpaired) electrons. The maximum atomic E-state index is 11.1. The Morgan fingerprint density at radius 1 is 1.31 bits per heavy atom. The van der Waals surface area contributed by atoms with Crippen molar-refractivity contribution in [2.45, 2.75) is 20.8 Å². The first-order valence-electron chi connectivity index (χ1n) is 8.85. The minimum atomic E-state index is -0.667. The van der Waals surface area contributed by atoms with Gasteiger partial charge in [-0.05, 0) is 44.0 Å². The van der Waals surface area contributed by atoms with Crippen molar-refractivity contribution in [1.82, 2.24) is 4.98 Å². The second kappa shape index (κ2) is 8.70. The van der Waals surface area contributed by atoms with E-state index in [2.05, 4.69) is 41.5 Å². The SMILES string of the molecule is CCOc1cc(/C=N\Nc2nc(-c3ccc(C)c(C)c3)cs2)cc([N+](=O)[O-])c1O. The summed E-state index contributed by atoms with van der Waals surface area (Å²) < 4.78 is 5.26. The highest BCUT2D eigenvalue weighted by molar-refractivity contribution is 7.14. The van der Waals surface area contributed by atoms with Crippen molar-refractivity contribution in [3.63, 3.8) is 0 Å². The fraction of sp³-hybridized carbons (Fsp3) is 0.200. The van der Waals surface area contributed by atoms with E-state index in [1.54, 1.807) is 6.92 Å². The molecule has 2 aromatic carbocycles. The van der Waals surface area contributed by atoms with E-state index < -0.39 is 16.4 Å². The topological polar surface area (TPSA) is 110 Å². The molecule has 0 aliphatic rings. The van der Waals surface area contributed by atoms with Crippen molar-refractivity contribution < 1.29 is 14.8 Å². The lowest BCUT2D eigenvalue weighted by Crippen LogP contribution is -1.98. The third kappa shape index (κ3) is 4.69. The number of aromatic hydroxyl groups is 1. The second-order valence-corrected chi connectivity index (χ2v) is 7.14. The number of rotatable bonds is 7. The van der Waals surface area contributed by atoms with Gasteiger partial charge >= 0.3 is 5.69 Å². The average molecular weight is 412 g/mol. The molecule has 9 heteroatoms. The van der Waals surface area contributed by atoms with Gasteiger partial charge in [0.2, 0.25) is 10.9 Å². The number of nitrogens with one attached hydrogen (secondary N) is 1. The minimum Gasteiger partial charge on any atom is -0.500 e. The first kappa shape index (κ1) is 20.3. The number of thiazole rings is 1. The van der Waals surface area contributed by atoms with Crippen LogP contribution >= 0.6 is 11.3 Å². The number of phenols is 1. The van der Waals surface area contributed by atoms with Gasteiger partial charge in [0.25, 0.3) is 0 Å². The van der Waals surface area contributed by atoms with E-state index >= 15 is 0 Å². The maximum absolute atomic E-state index is 11.1. The molecule has 0 aliphatic heterocycles. The molecule has 0 saturated heterocycles. The van der Waals surface area contributed by atoms with Crippen LogP contribution in [0.25, 0.3) is 11.3 Å². The first-order chi connectivity index (χ1) is 13.9. The van der Waals surface area contributed by atoms with Crippen molar-refractivity contribution in [3.05, 3.63) is 62.5 Å². The zero-order valence-electron chi connectivity index (χ0n) is 16.2. The average Bonchev–Trinajstić information content (AvgIpc) is 3.15. The molecule has 0 fully saturated rings. The number of hydrazone groups is 1. The molecule has 1 heterocycles. The highest BCUT2D eigenvalue weighted by Crippen LogP contribution is 2.36. The van der Waals surface area contributed by atoms with Gasteiger partial charge < -0.3 is 9.84 Å². The molecule has 0 bridgehead atoms. The molecule has 3 aromatic rings. The lowest BCUT2D eigenvalue weighted by molar-refractivity contribution is -0.386. The summed E-state index contributed by atoms with van der Waals surface area (Å²) in [6.07, 6.45) is 1.41. The Hall–Kier alpha value is -3.46.